The van der Waals surface area contributed by atoms with Gasteiger partial charge in [-0.05, 0) is 46.0 Å². The van der Waals surface area contributed by atoms with Crippen LogP contribution in [0.5, 0.6) is 0 Å². The number of likely N-dealkylation sites (tertiary alicyclic amines) is 1. The van der Waals surface area contributed by atoms with Crippen molar-refractivity contribution in [3.05, 3.63) is 0 Å². The Labute approximate surface area is 119 Å². The summed E-state index contributed by atoms with van der Waals surface area (Å²) in [7, 11) is 0. The van der Waals surface area contributed by atoms with Gasteiger partial charge in [0.05, 0.1) is 0 Å². The van der Waals surface area contributed by atoms with E-state index in [-0.39, 0.29) is 36.0 Å². The molecule has 3 nitrogen and oxygen atoms in total. The van der Waals surface area contributed by atoms with Gasteiger partial charge in [0.25, 0.3) is 0 Å². The molecule has 2 amide bonds. The minimum Gasteiger partial charge on any atom is -0.333 e. The van der Waals surface area contributed by atoms with Crippen molar-refractivity contribution in [3.63, 3.8) is 0 Å². The maximum Gasteiger partial charge on any atom is 0.318 e. The maximum atomic E-state index is 12.3. The van der Waals surface area contributed by atoms with Crippen molar-refractivity contribution in [2.75, 3.05) is 6.54 Å². The summed E-state index contributed by atoms with van der Waals surface area (Å²) < 4.78 is 0. The first-order chi connectivity index (χ1) is 7.47. The SMILES string of the molecule is CC(C)(C)NC(=O)N1CCC[C@@]1(C)C(C)(C)C.S. The monoisotopic (exact) mass is 274 g/mol. The Morgan fingerprint density at radius 2 is 1.67 bits per heavy atom. The molecule has 0 aromatic carbocycles. The smallest absolute Gasteiger partial charge is 0.318 e. The predicted octanol–water partition coefficient (Wildman–Crippen LogP) is 3.51. The largest absolute Gasteiger partial charge is 0.333 e. The zero-order valence-corrected chi connectivity index (χ0v) is 14.0. The lowest BCUT2D eigenvalue weighted by Crippen LogP contribution is -2.58. The molecule has 1 atom stereocenters. The fourth-order valence-electron chi connectivity index (χ4n) is 2.46. The number of carbonyl (C=O) groups is 1. The van der Waals surface area contributed by atoms with Gasteiger partial charge in [-0.1, -0.05) is 20.8 Å². The summed E-state index contributed by atoms with van der Waals surface area (Å²) in [5.41, 5.74) is -0.0977. The predicted molar refractivity (Wildman–Crippen MR) is 82.5 cm³/mol. The van der Waals surface area contributed by atoms with Crippen molar-refractivity contribution in [2.24, 2.45) is 5.41 Å². The van der Waals surface area contributed by atoms with Crippen molar-refractivity contribution in [3.8, 4) is 0 Å². The summed E-state index contributed by atoms with van der Waals surface area (Å²) in [5.74, 6) is 0. The van der Waals surface area contributed by atoms with Crippen LogP contribution in [0.25, 0.3) is 0 Å². The molecule has 4 heteroatoms. The lowest BCUT2D eigenvalue weighted by atomic mass is 9.73. The molecule has 18 heavy (non-hydrogen) atoms. The summed E-state index contributed by atoms with van der Waals surface area (Å²) in [4.78, 5) is 14.4. The molecule has 1 heterocycles. The van der Waals surface area contributed by atoms with E-state index in [4.69, 9.17) is 0 Å². The number of amides is 2. The Hall–Kier alpha value is -0.380. The molecule has 0 aromatic heterocycles. The number of hydrogen-bond donors (Lipinski definition) is 1. The molecule has 1 rings (SSSR count). The zero-order valence-electron chi connectivity index (χ0n) is 13.0. The molecule has 1 aliphatic rings. The number of carbonyl (C=O) groups excluding carboxylic acids is 1. The lowest BCUT2D eigenvalue weighted by Gasteiger charge is -2.46. The van der Waals surface area contributed by atoms with Gasteiger partial charge in [0.15, 0.2) is 0 Å². The molecule has 1 aliphatic heterocycles. The summed E-state index contributed by atoms with van der Waals surface area (Å²) in [6.45, 7) is 15.8. The topological polar surface area (TPSA) is 32.3 Å². The van der Waals surface area contributed by atoms with Gasteiger partial charge < -0.3 is 10.2 Å². The van der Waals surface area contributed by atoms with Gasteiger partial charge in [0.2, 0.25) is 0 Å². The van der Waals surface area contributed by atoms with E-state index < -0.39 is 0 Å². The van der Waals surface area contributed by atoms with Crippen LogP contribution in [-0.4, -0.2) is 28.6 Å². The number of nitrogens with one attached hydrogen (secondary N) is 1. The van der Waals surface area contributed by atoms with Gasteiger partial charge in [0, 0.05) is 17.6 Å². The van der Waals surface area contributed by atoms with Crippen molar-refractivity contribution < 1.29 is 4.79 Å². The van der Waals surface area contributed by atoms with Crippen LogP contribution in [0.4, 0.5) is 4.79 Å². The first kappa shape index (κ1) is 17.6. The van der Waals surface area contributed by atoms with Gasteiger partial charge in [0.1, 0.15) is 0 Å². The molecular weight excluding hydrogens is 244 g/mol. The number of urea groups is 1. The molecule has 0 aliphatic carbocycles. The molecule has 1 saturated heterocycles. The van der Waals surface area contributed by atoms with E-state index in [0.717, 1.165) is 19.4 Å². The highest BCUT2D eigenvalue weighted by Crippen LogP contribution is 2.43. The van der Waals surface area contributed by atoms with Crippen LogP contribution in [0, 0.1) is 5.41 Å². The van der Waals surface area contributed by atoms with Gasteiger partial charge in [-0.2, -0.15) is 13.5 Å². The second-order valence-corrected chi connectivity index (χ2v) is 7.46. The number of rotatable bonds is 0. The highest BCUT2D eigenvalue weighted by Gasteiger charge is 2.48. The van der Waals surface area contributed by atoms with E-state index in [1.165, 1.54) is 0 Å². The van der Waals surface area contributed by atoms with E-state index in [9.17, 15) is 4.79 Å². The van der Waals surface area contributed by atoms with Crippen molar-refractivity contribution in [2.45, 2.75) is 72.4 Å². The Balaban J connectivity index is 0.00000289. The Bertz CT molecular complexity index is 304. The van der Waals surface area contributed by atoms with Crippen LogP contribution in [0.2, 0.25) is 0 Å². The fraction of sp³-hybridized carbons (Fsp3) is 0.929. The molecule has 0 aromatic rings. The van der Waals surface area contributed by atoms with Crippen LogP contribution >= 0.6 is 13.5 Å². The van der Waals surface area contributed by atoms with Crippen molar-refractivity contribution in [1.29, 1.82) is 0 Å². The van der Waals surface area contributed by atoms with Crippen molar-refractivity contribution in [1.82, 2.24) is 10.2 Å². The summed E-state index contributed by atoms with van der Waals surface area (Å²) in [6.07, 6.45) is 2.19. The molecule has 0 saturated carbocycles. The van der Waals surface area contributed by atoms with Crippen LogP contribution in [0.1, 0.15) is 61.3 Å². The standard InChI is InChI=1S/C14H28N2O.H2S/c1-12(2,3)14(7)9-8-10-16(14)11(17)15-13(4,5)6;/h8-10H2,1-7H3,(H,15,17);1H2/t14-;/m0./s1. The molecule has 1 fully saturated rings. The maximum absolute atomic E-state index is 12.3. The molecule has 108 valence electrons. The van der Waals surface area contributed by atoms with E-state index in [1.807, 2.05) is 25.7 Å². The molecular formula is C14H30N2OS. The van der Waals surface area contributed by atoms with Gasteiger partial charge in [-0.3, -0.25) is 0 Å². The quantitative estimate of drug-likeness (QED) is 0.720. The first-order valence-corrected chi connectivity index (χ1v) is 6.57. The Morgan fingerprint density at radius 3 is 2.06 bits per heavy atom. The molecule has 0 radical (unpaired) electrons. The average molecular weight is 274 g/mol. The molecule has 1 N–H and O–H groups in total. The Morgan fingerprint density at radius 1 is 1.17 bits per heavy atom. The van der Waals surface area contributed by atoms with Gasteiger partial charge in [-0.15, -0.1) is 0 Å². The van der Waals surface area contributed by atoms with Crippen LogP contribution < -0.4 is 5.32 Å². The third-order valence-electron chi connectivity index (χ3n) is 3.98. The van der Waals surface area contributed by atoms with E-state index in [0.29, 0.717) is 0 Å². The second kappa shape index (κ2) is 5.32. The molecule has 0 unspecified atom stereocenters. The first-order valence-electron chi connectivity index (χ1n) is 6.57. The number of nitrogens with zero attached hydrogens (tertiary/aromatic N) is 1. The van der Waals surface area contributed by atoms with Crippen LogP contribution in [0.15, 0.2) is 0 Å². The minimum absolute atomic E-state index is 0. The van der Waals surface area contributed by atoms with E-state index >= 15 is 0 Å². The number of hydrogen-bond acceptors (Lipinski definition) is 1. The van der Waals surface area contributed by atoms with E-state index in [1.54, 1.807) is 0 Å². The van der Waals surface area contributed by atoms with E-state index in [2.05, 4.69) is 33.0 Å². The minimum atomic E-state index is -0.168. The van der Waals surface area contributed by atoms with Crippen LogP contribution in [-0.2, 0) is 0 Å². The highest BCUT2D eigenvalue weighted by atomic mass is 32.1. The molecule has 0 bridgehead atoms. The summed E-state index contributed by atoms with van der Waals surface area (Å²) in [6, 6.07) is 0.0763. The zero-order chi connectivity index (χ0) is 13.5. The molecule has 0 spiro atoms. The van der Waals surface area contributed by atoms with Gasteiger partial charge >= 0.3 is 6.03 Å². The van der Waals surface area contributed by atoms with Crippen LogP contribution in [0.3, 0.4) is 0 Å². The Kier molecular flexibility index (Phi) is 5.20. The second-order valence-electron chi connectivity index (χ2n) is 7.46. The third kappa shape index (κ3) is 3.56. The van der Waals surface area contributed by atoms with Gasteiger partial charge in [-0.25, -0.2) is 4.79 Å². The summed E-state index contributed by atoms with van der Waals surface area (Å²) >= 11 is 0. The highest BCUT2D eigenvalue weighted by molar-refractivity contribution is 7.59. The normalized spacial score (nSPS) is 24.7. The summed E-state index contributed by atoms with van der Waals surface area (Å²) in [5, 5.41) is 3.08. The fourth-order valence-corrected chi connectivity index (χ4v) is 2.46. The average Bonchev–Trinajstić information content (AvgIpc) is 2.43. The van der Waals surface area contributed by atoms with Crippen molar-refractivity contribution >= 4 is 19.5 Å². The third-order valence-corrected chi connectivity index (χ3v) is 3.98. The lowest BCUT2D eigenvalue weighted by molar-refractivity contribution is 0.0651.